The van der Waals surface area contributed by atoms with Gasteiger partial charge in [0.25, 0.3) is 0 Å². The van der Waals surface area contributed by atoms with Gasteiger partial charge in [-0.3, -0.25) is 4.90 Å². The summed E-state index contributed by atoms with van der Waals surface area (Å²) in [6.45, 7) is 4.57. The third-order valence-electron chi connectivity index (χ3n) is 4.59. The zero-order chi connectivity index (χ0) is 17.2. The Morgan fingerprint density at radius 1 is 0.960 bits per heavy atom. The van der Waals surface area contributed by atoms with Crippen LogP contribution in [0.3, 0.4) is 0 Å². The van der Waals surface area contributed by atoms with E-state index in [-0.39, 0.29) is 0 Å². The summed E-state index contributed by atoms with van der Waals surface area (Å²) in [7, 11) is 0. The number of hydrogen-bond acceptors (Lipinski definition) is 5. The summed E-state index contributed by atoms with van der Waals surface area (Å²) in [5.41, 5.74) is 8.17. The molecule has 0 saturated carbocycles. The number of para-hydroxylation sites is 1. The first-order chi connectivity index (χ1) is 12.2. The van der Waals surface area contributed by atoms with Gasteiger partial charge in [-0.2, -0.15) is 0 Å². The average Bonchev–Trinajstić information content (AvgIpc) is 2.62. The van der Waals surface area contributed by atoms with Crippen LogP contribution in [0.2, 0.25) is 5.02 Å². The number of aromatic nitrogens is 2. The smallest absolute Gasteiger partial charge is 0.145 e. The highest BCUT2D eigenvalue weighted by molar-refractivity contribution is 6.30. The summed E-state index contributed by atoms with van der Waals surface area (Å²) in [5, 5.41) is 1.69. The number of fused-ring (bicyclic) bond motifs is 1. The summed E-state index contributed by atoms with van der Waals surface area (Å²) < 4.78 is 0. The second-order valence-electron chi connectivity index (χ2n) is 6.29. The van der Waals surface area contributed by atoms with Crippen LogP contribution in [0.5, 0.6) is 0 Å². The van der Waals surface area contributed by atoms with Crippen LogP contribution in [0.25, 0.3) is 10.9 Å². The molecule has 2 aromatic carbocycles. The van der Waals surface area contributed by atoms with Gasteiger partial charge >= 0.3 is 0 Å². The van der Waals surface area contributed by atoms with Crippen LogP contribution < -0.4 is 10.6 Å². The standard InChI is InChI=1S/C19H20ClN5/c20-14-4-3-5-15(12-14)25-10-8-24(9-11-25)13-18-22-17-7-2-1-6-16(17)19(21)23-18/h1-7,12H,8-11,13H2,(H2,21,22,23). The number of anilines is 2. The number of hydrogen-bond donors (Lipinski definition) is 1. The van der Waals surface area contributed by atoms with Crippen LogP contribution >= 0.6 is 11.6 Å². The molecule has 0 aliphatic carbocycles. The predicted molar refractivity (Wildman–Crippen MR) is 103 cm³/mol. The second kappa shape index (κ2) is 6.86. The highest BCUT2D eigenvalue weighted by atomic mass is 35.5. The van der Waals surface area contributed by atoms with E-state index in [2.05, 4.69) is 25.8 Å². The van der Waals surface area contributed by atoms with Gasteiger partial charge in [-0.15, -0.1) is 0 Å². The molecular weight excluding hydrogens is 334 g/mol. The minimum Gasteiger partial charge on any atom is -0.383 e. The van der Waals surface area contributed by atoms with Crippen molar-refractivity contribution in [3.05, 3.63) is 59.4 Å². The quantitative estimate of drug-likeness (QED) is 0.783. The Hall–Kier alpha value is -2.37. The van der Waals surface area contributed by atoms with E-state index >= 15 is 0 Å². The number of nitrogens with two attached hydrogens (primary N) is 1. The van der Waals surface area contributed by atoms with E-state index in [0.29, 0.717) is 5.82 Å². The monoisotopic (exact) mass is 353 g/mol. The number of nitrogens with zero attached hydrogens (tertiary/aromatic N) is 4. The van der Waals surface area contributed by atoms with Gasteiger partial charge in [0, 0.05) is 42.3 Å². The first-order valence-corrected chi connectivity index (χ1v) is 8.81. The minimum absolute atomic E-state index is 0.554. The molecule has 0 bridgehead atoms. The Morgan fingerprint density at radius 3 is 2.56 bits per heavy atom. The van der Waals surface area contributed by atoms with Crippen molar-refractivity contribution < 1.29 is 0 Å². The fraction of sp³-hybridized carbons (Fsp3) is 0.263. The van der Waals surface area contributed by atoms with E-state index in [1.165, 1.54) is 5.69 Å². The van der Waals surface area contributed by atoms with E-state index in [1.807, 2.05) is 42.5 Å². The van der Waals surface area contributed by atoms with Crippen molar-refractivity contribution in [2.75, 3.05) is 36.8 Å². The SMILES string of the molecule is Nc1nc(CN2CCN(c3cccc(Cl)c3)CC2)nc2ccccc12. The van der Waals surface area contributed by atoms with Crippen molar-refractivity contribution in [1.29, 1.82) is 0 Å². The third kappa shape index (κ3) is 3.52. The van der Waals surface area contributed by atoms with Crippen LogP contribution in [0.1, 0.15) is 5.82 Å². The molecule has 0 unspecified atom stereocenters. The Kier molecular flexibility index (Phi) is 4.42. The Balaban J connectivity index is 1.43. The Bertz CT molecular complexity index is 890. The second-order valence-corrected chi connectivity index (χ2v) is 6.72. The zero-order valence-electron chi connectivity index (χ0n) is 13.9. The molecule has 1 fully saturated rings. The van der Waals surface area contributed by atoms with E-state index in [9.17, 15) is 0 Å². The van der Waals surface area contributed by atoms with Gasteiger partial charge < -0.3 is 10.6 Å². The fourth-order valence-corrected chi connectivity index (χ4v) is 3.44. The number of rotatable bonds is 3. The van der Waals surface area contributed by atoms with Crippen molar-refractivity contribution >= 4 is 34.0 Å². The van der Waals surface area contributed by atoms with Crippen molar-refractivity contribution in [3.63, 3.8) is 0 Å². The lowest BCUT2D eigenvalue weighted by atomic mass is 10.2. The molecule has 0 radical (unpaired) electrons. The molecule has 6 heteroatoms. The third-order valence-corrected chi connectivity index (χ3v) is 4.82. The summed E-state index contributed by atoms with van der Waals surface area (Å²) in [5.74, 6) is 1.34. The summed E-state index contributed by atoms with van der Waals surface area (Å²) in [6.07, 6.45) is 0. The molecule has 2 N–H and O–H groups in total. The van der Waals surface area contributed by atoms with Gasteiger partial charge in [0.05, 0.1) is 12.1 Å². The lowest BCUT2D eigenvalue weighted by molar-refractivity contribution is 0.244. The zero-order valence-corrected chi connectivity index (χ0v) is 14.7. The van der Waals surface area contributed by atoms with Crippen LogP contribution in [0.4, 0.5) is 11.5 Å². The number of benzene rings is 2. The van der Waals surface area contributed by atoms with Crippen molar-refractivity contribution in [2.24, 2.45) is 0 Å². The van der Waals surface area contributed by atoms with Crippen molar-refractivity contribution in [3.8, 4) is 0 Å². The van der Waals surface area contributed by atoms with Gasteiger partial charge in [0.15, 0.2) is 0 Å². The first-order valence-electron chi connectivity index (χ1n) is 8.43. The van der Waals surface area contributed by atoms with Crippen LogP contribution in [0, 0.1) is 0 Å². The van der Waals surface area contributed by atoms with Crippen molar-refractivity contribution in [2.45, 2.75) is 6.54 Å². The highest BCUT2D eigenvalue weighted by Crippen LogP contribution is 2.22. The molecule has 5 nitrogen and oxygen atoms in total. The molecule has 1 saturated heterocycles. The maximum atomic E-state index is 6.10. The largest absolute Gasteiger partial charge is 0.383 e. The lowest BCUT2D eigenvalue weighted by Crippen LogP contribution is -2.46. The molecule has 25 heavy (non-hydrogen) atoms. The van der Waals surface area contributed by atoms with Crippen LogP contribution in [-0.2, 0) is 6.54 Å². The molecule has 1 aliphatic rings. The number of nitrogen functional groups attached to an aromatic ring is 1. The van der Waals surface area contributed by atoms with Gasteiger partial charge in [-0.1, -0.05) is 29.8 Å². The van der Waals surface area contributed by atoms with Gasteiger partial charge in [-0.25, -0.2) is 9.97 Å². The summed E-state index contributed by atoms with van der Waals surface area (Å²) in [4.78, 5) is 13.9. The van der Waals surface area contributed by atoms with E-state index < -0.39 is 0 Å². The molecule has 128 valence electrons. The topological polar surface area (TPSA) is 58.3 Å². The van der Waals surface area contributed by atoms with Crippen molar-refractivity contribution in [1.82, 2.24) is 14.9 Å². The molecule has 0 amide bonds. The van der Waals surface area contributed by atoms with Crippen LogP contribution in [-0.4, -0.2) is 41.0 Å². The Morgan fingerprint density at radius 2 is 1.76 bits per heavy atom. The Labute approximate surface area is 152 Å². The maximum absolute atomic E-state index is 6.10. The molecule has 0 spiro atoms. The number of piperazine rings is 1. The fourth-order valence-electron chi connectivity index (χ4n) is 3.26. The number of halogens is 1. The van der Waals surface area contributed by atoms with Gasteiger partial charge in [0.1, 0.15) is 11.6 Å². The van der Waals surface area contributed by atoms with E-state index in [0.717, 1.165) is 54.5 Å². The summed E-state index contributed by atoms with van der Waals surface area (Å²) in [6, 6.07) is 15.9. The first kappa shape index (κ1) is 16.1. The van der Waals surface area contributed by atoms with E-state index in [1.54, 1.807) is 0 Å². The highest BCUT2D eigenvalue weighted by Gasteiger charge is 2.18. The molecule has 0 atom stereocenters. The maximum Gasteiger partial charge on any atom is 0.145 e. The van der Waals surface area contributed by atoms with Gasteiger partial charge in [0.2, 0.25) is 0 Å². The van der Waals surface area contributed by atoms with Crippen LogP contribution in [0.15, 0.2) is 48.5 Å². The molecule has 4 rings (SSSR count). The average molecular weight is 354 g/mol. The summed E-state index contributed by atoms with van der Waals surface area (Å²) >= 11 is 6.10. The lowest BCUT2D eigenvalue weighted by Gasteiger charge is -2.35. The van der Waals surface area contributed by atoms with E-state index in [4.69, 9.17) is 17.3 Å². The predicted octanol–water partition coefficient (Wildman–Crippen LogP) is 3.19. The molecule has 3 aromatic rings. The van der Waals surface area contributed by atoms with Gasteiger partial charge in [-0.05, 0) is 30.3 Å². The molecule has 1 aromatic heterocycles. The normalized spacial score (nSPS) is 15.6. The molecular formula is C19H20ClN5. The molecule has 1 aliphatic heterocycles. The minimum atomic E-state index is 0.554. The molecule has 2 heterocycles.